The predicted molar refractivity (Wildman–Crippen MR) is 97.0 cm³/mol. The Hall–Kier alpha value is -2.81. The average molecular weight is 313 g/mol. The van der Waals surface area contributed by atoms with E-state index in [9.17, 15) is 0 Å². The number of fused-ring (bicyclic) bond motifs is 1. The molecule has 0 unspecified atom stereocenters. The van der Waals surface area contributed by atoms with Gasteiger partial charge in [-0.1, -0.05) is 30.3 Å². The zero-order valence-corrected chi connectivity index (χ0v) is 13.4. The van der Waals surface area contributed by atoms with E-state index in [-0.39, 0.29) is 0 Å². The highest BCUT2D eigenvalue weighted by molar-refractivity contribution is 5.75. The first kappa shape index (κ1) is 13.6. The molecule has 5 rings (SSSR count). The third kappa shape index (κ3) is 2.42. The number of nitrogens with zero attached hydrogens (tertiary/aromatic N) is 2. The molecule has 2 aromatic heterocycles. The minimum absolute atomic E-state index is 0.811. The number of nitrogens with one attached hydrogen (secondary N) is 1. The zero-order chi connectivity index (χ0) is 15.9. The largest absolute Gasteiger partial charge is 0.345 e. The van der Waals surface area contributed by atoms with Crippen molar-refractivity contribution in [2.75, 3.05) is 0 Å². The van der Waals surface area contributed by atoms with Crippen molar-refractivity contribution in [3.05, 3.63) is 78.2 Å². The van der Waals surface area contributed by atoms with Crippen molar-refractivity contribution in [2.45, 2.75) is 25.3 Å². The van der Waals surface area contributed by atoms with Crippen LogP contribution in [0.15, 0.2) is 67.1 Å². The fraction of sp³-hybridized carbons (Fsp3) is 0.190. The van der Waals surface area contributed by atoms with Crippen LogP contribution in [0, 0.1) is 0 Å². The highest BCUT2D eigenvalue weighted by Gasteiger charge is 2.23. The predicted octanol–water partition coefficient (Wildman–Crippen LogP) is 4.96. The van der Waals surface area contributed by atoms with Gasteiger partial charge in [-0.05, 0) is 59.7 Å². The molecule has 0 radical (unpaired) electrons. The van der Waals surface area contributed by atoms with E-state index in [0.29, 0.717) is 0 Å². The maximum atomic E-state index is 4.36. The molecule has 0 spiro atoms. The van der Waals surface area contributed by atoms with Crippen LogP contribution in [0.1, 0.15) is 29.9 Å². The lowest BCUT2D eigenvalue weighted by Crippen LogP contribution is -2.00. The van der Waals surface area contributed by atoms with Crippen LogP contribution in [-0.4, -0.2) is 14.5 Å². The number of H-pyrrole nitrogens is 1. The third-order valence-electron chi connectivity index (χ3n) is 4.92. The van der Waals surface area contributed by atoms with Crippen molar-refractivity contribution in [3.8, 4) is 11.3 Å². The quantitative estimate of drug-likeness (QED) is 0.568. The van der Waals surface area contributed by atoms with E-state index in [1.807, 2.05) is 0 Å². The smallest absolute Gasteiger partial charge is 0.0931 e. The van der Waals surface area contributed by atoms with Gasteiger partial charge in [0.1, 0.15) is 0 Å². The summed E-state index contributed by atoms with van der Waals surface area (Å²) in [6, 6.07) is 19.8. The van der Waals surface area contributed by atoms with E-state index in [4.69, 9.17) is 0 Å². The standard InChI is InChI=1S/C21H19N3/c1-2-21(18-8-6-17(7-9-18)16-4-5-16)24(11-1)13-15-3-10-19-20(12-15)23-14-22-19/h1-3,6-12,14,16H,4-5,13H2,(H,22,23). The molecule has 0 bridgehead atoms. The maximum absolute atomic E-state index is 4.36. The number of hydrogen-bond acceptors (Lipinski definition) is 1. The van der Waals surface area contributed by atoms with Crippen LogP contribution in [0.3, 0.4) is 0 Å². The molecule has 0 aliphatic heterocycles. The second-order valence-corrected chi connectivity index (χ2v) is 6.67. The summed E-state index contributed by atoms with van der Waals surface area (Å²) in [4.78, 5) is 7.50. The fourth-order valence-electron chi connectivity index (χ4n) is 3.43. The van der Waals surface area contributed by atoms with Crippen molar-refractivity contribution in [2.24, 2.45) is 0 Å². The van der Waals surface area contributed by atoms with Crippen LogP contribution in [-0.2, 0) is 6.54 Å². The molecule has 2 aromatic carbocycles. The van der Waals surface area contributed by atoms with E-state index in [1.54, 1.807) is 6.33 Å². The zero-order valence-electron chi connectivity index (χ0n) is 13.4. The summed E-state index contributed by atoms with van der Waals surface area (Å²) >= 11 is 0. The van der Waals surface area contributed by atoms with E-state index in [1.165, 1.54) is 35.2 Å². The van der Waals surface area contributed by atoms with Crippen molar-refractivity contribution in [1.29, 1.82) is 0 Å². The number of rotatable bonds is 4. The number of imidazole rings is 1. The van der Waals surface area contributed by atoms with E-state index in [2.05, 4.69) is 75.3 Å². The molecule has 2 heterocycles. The van der Waals surface area contributed by atoms with Gasteiger partial charge >= 0.3 is 0 Å². The first-order valence-corrected chi connectivity index (χ1v) is 8.54. The van der Waals surface area contributed by atoms with Crippen LogP contribution in [0.2, 0.25) is 0 Å². The van der Waals surface area contributed by atoms with Gasteiger partial charge in [-0.25, -0.2) is 4.98 Å². The molecule has 24 heavy (non-hydrogen) atoms. The van der Waals surface area contributed by atoms with Gasteiger partial charge in [0.15, 0.2) is 0 Å². The Labute approximate surface area is 141 Å². The Morgan fingerprint density at radius 1 is 1.04 bits per heavy atom. The molecule has 0 amide bonds. The molecule has 118 valence electrons. The minimum Gasteiger partial charge on any atom is -0.345 e. The minimum atomic E-state index is 0.811. The third-order valence-corrected chi connectivity index (χ3v) is 4.92. The average Bonchev–Trinajstić information content (AvgIpc) is 3.19. The highest BCUT2D eigenvalue weighted by Crippen LogP contribution is 2.40. The lowest BCUT2D eigenvalue weighted by Gasteiger charge is -2.10. The Morgan fingerprint density at radius 3 is 2.75 bits per heavy atom. The first-order valence-electron chi connectivity index (χ1n) is 8.54. The topological polar surface area (TPSA) is 33.6 Å². The normalized spacial score (nSPS) is 14.3. The van der Waals surface area contributed by atoms with Crippen LogP contribution in [0.4, 0.5) is 0 Å². The van der Waals surface area contributed by atoms with Gasteiger partial charge in [0.25, 0.3) is 0 Å². The van der Waals surface area contributed by atoms with Gasteiger partial charge in [-0.2, -0.15) is 0 Å². The fourth-order valence-corrected chi connectivity index (χ4v) is 3.43. The lowest BCUT2D eigenvalue weighted by molar-refractivity contribution is 0.815. The molecule has 0 atom stereocenters. The summed E-state index contributed by atoms with van der Waals surface area (Å²) in [6.45, 7) is 0.857. The summed E-state index contributed by atoms with van der Waals surface area (Å²) in [5.41, 5.74) is 7.41. The molecule has 4 aromatic rings. The lowest BCUT2D eigenvalue weighted by atomic mass is 10.1. The molecule has 3 heteroatoms. The van der Waals surface area contributed by atoms with Gasteiger partial charge in [0.05, 0.1) is 17.4 Å². The second kappa shape index (κ2) is 5.38. The first-order chi connectivity index (χ1) is 11.9. The SMILES string of the molecule is c1cc(-c2ccc(C3CC3)cc2)n(Cc2ccc3[nH]cnc3c2)c1. The highest BCUT2D eigenvalue weighted by atomic mass is 15.0. The number of aromatic nitrogens is 3. The monoisotopic (exact) mass is 313 g/mol. The summed E-state index contributed by atoms with van der Waals surface area (Å²) in [5, 5.41) is 0. The Bertz CT molecular complexity index is 987. The summed E-state index contributed by atoms with van der Waals surface area (Å²) < 4.78 is 2.31. The van der Waals surface area contributed by atoms with Crippen LogP contribution < -0.4 is 0 Å². The van der Waals surface area contributed by atoms with Crippen molar-refractivity contribution >= 4 is 11.0 Å². The van der Waals surface area contributed by atoms with Gasteiger partial charge < -0.3 is 9.55 Å². The molecular formula is C21H19N3. The molecule has 0 saturated heterocycles. The van der Waals surface area contributed by atoms with Crippen LogP contribution >= 0.6 is 0 Å². The molecule has 1 N–H and O–H groups in total. The second-order valence-electron chi connectivity index (χ2n) is 6.67. The molecule has 3 nitrogen and oxygen atoms in total. The van der Waals surface area contributed by atoms with Gasteiger partial charge in [-0.15, -0.1) is 0 Å². The van der Waals surface area contributed by atoms with Crippen molar-refractivity contribution in [3.63, 3.8) is 0 Å². The van der Waals surface area contributed by atoms with Crippen LogP contribution in [0.25, 0.3) is 22.3 Å². The van der Waals surface area contributed by atoms with Crippen molar-refractivity contribution < 1.29 is 0 Å². The van der Waals surface area contributed by atoms with Crippen molar-refractivity contribution in [1.82, 2.24) is 14.5 Å². The number of aromatic amines is 1. The Balaban J connectivity index is 1.45. The van der Waals surface area contributed by atoms with Gasteiger partial charge in [0.2, 0.25) is 0 Å². The molecule has 1 saturated carbocycles. The molecular weight excluding hydrogens is 294 g/mol. The summed E-state index contributed by atoms with van der Waals surface area (Å²) in [6.07, 6.45) is 6.60. The van der Waals surface area contributed by atoms with E-state index in [0.717, 1.165) is 23.5 Å². The Morgan fingerprint density at radius 2 is 1.92 bits per heavy atom. The summed E-state index contributed by atoms with van der Waals surface area (Å²) in [7, 11) is 0. The Kier molecular flexibility index (Phi) is 3.05. The number of benzene rings is 2. The van der Waals surface area contributed by atoms with E-state index < -0.39 is 0 Å². The molecule has 1 aliphatic rings. The van der Waals surface area contributed by atoms with Gasteiger partial charge in [-0.3, -0.25) is 0 Å². The van der Waals surface area contributed by atoms with Crippen LogP contribution in [0.5, 0.6) is 0 Å². The number of hydrogen-bond donors (Lipinski definition) is 1. The maximum Gasteiger partial charge on any atom is 0.0931 e. The van der Waals surface area contributed by atoms with Gasteiger partial charge in [0, 0.05) is 18.4 Å². The van der Waals surface area contributed by atoms with E-state index >= 15 is 0 Å². The molecule has 1 aliphatic carbocycles. The molecule has 1 fully saturated rings. The summed E-state index contributed by atoms with van der Waals surface area (Å²) in [5.74, 6) is 0.811.